The summed E-state index contributed by atoms with van der Waals surface area (Å²) in [7, 11) is 0. The summed E-state index contributed by atoms with van der Waals surface area (Å²) in [5.74, 6) is 0.860. The van der Waals surface area contributed by atoms with E-state index in [-0.39, 0.29) is 17.2 Å². The Balaban J connectivity index is 1.29. The number of aromatic nitrogens is 4. The topological polar surface area (TPSA) is 84.2 Å². The number of benzene rings is 2. The van der Waals surface area contributed by atoms with Crippen molar-refractivity contribution in [2.24, 2.45) is 0 Å². The van der Waals surface area contributed by atoms with Crippen LogP contribution >= 0.6 is 11.8 Å². The quantitative estimate of drug-likeness (QED) is 0.388. The monoisotopic (exact) mass is 486 g/mol. The molecular weight excluding hydrogens is 460 g/mol. The van der Waals surface area contributed by atoms with Gasteiger partial charge in [-0.3, -0.25) is 14.2 Å². The van der Waals surface area contributed by atoms with E-state index in [1.807, 2.05) is 60.4 Å². The van der Waals surface area contributed by atoms with Crippen molar-refractivity contribution in [2.75, 3.05) is 36.8 Å². The van der Waals surface area contributed by atoms with Crippen molar-refractivity contribution in [1.82, 2.24) is 24.4 Å². The van der Waals surface area contributed by atoms with Crippen LogP contribution in [-0.4, -0.2) is 62.3 Å². The van der Waals surface area contributed by atoms with Gasteiger partial charge in [-0.25, -0.2) is 15.0 Å². The zero-order valence-corrected chi connectivity index (χ0v) is 20.3. The second-order valence-electron chi connectivity index (χ2n) is 8.49. The summed E-state index contributed by atoms with van der Waals surface area (Å²) in [5, 5.41) is 0.348. The van der Waals surface area contributed by atoms with Crippen molar-refractivity contribution >= 4 is 34.7 Å². The summed E-state index contributed by atoms with van der Waals surface area (Å²) >= 11 is 1.21. The van der Waals surface area contributed by atoms with E-state index in [1.165, 1.54) is 17.3 Å². The first-order valence-corrected chi connectivity index (χ1v) is 12.5. The molecule has 35 heavy (non-hydrogen) atoms. The van der Waals surface area contributed by atoms with Gasteiger partial charge in [0, 0.05) is 38.6 Å². The molecule has 1 aliphatic heterocycles. The van der Waals surface area contributed by atoms with Crippen LogP contribution in [0.4, 0.5) is 5.95 Å². The lowest BCUT2D eigenvalue weighted by Gasteiger charge is -2.34. The third-order valence-electron chi connectivity index (χ3n) is 6.08. The predicted octanol–water partition coefficient (Wildman–Crippen LogP) is 2.98. The van der Waals surface area contributed by atoms with Crippen molar-refractivity contribution in [2.45, 2.75) is 18.5 Å². The number of nitrogens with zero attached hydrogens (tertiary/aromatic N) is 6. The van der Waals surface area contributed by atoms with Gasteiger partial charge >= 0.3 is 0 Å². The predicted molar refractivity (Wildman–Crippen MR) is 138 cm³/mol. The Morgan fingerprint density at radius 1 is 0.943 bits per heavy atom. The van der Waals surface area contributed by atoms with E-state index in [0.717, 1.165) is 16.6 Å². The number of carbonyl (C=O) groups is 1. The van der Waals surface area contributed by atoms with Crippen molar-refractivity contribution in [3.8, 4) is 0 Å². The minimum atomic E-state index is -0.173. The number of carbonyl (C=O) groups excluding carboxylic acids is 1. The third kappa shape index (κ3) is 5.19. The standard InChI is InChI=1S/C26H26N6O2S/c1-19-7-9-20(10-8-19)17-32-22-6-3-2-5-21(22)29-24(25(32)34)35-18-23(33)30-13-15-31(16-14-30)26-27-11-4-12-28-26/h2-12H,13-18H2,1H3. The van der Waals surface area contributed by atoms with Gasteiger partial charge in [0.15, 0.2) is 5.03 Å². The Morgan fingerprint density at radius 2 is 1.66 bits per heavy atom. The van der Waals surface area contributed by atoms with Crippen LogP contribution in [-0.2, 0) is 11.3 Å². The van der Waals surface area contributed by atoms with Gasteiger partial charge in [0.05, 0.1) is 23.3 Å². The fourth-order valence-electron chi connectivity index (χ4n) is 4.13. The molecule has 0 N–H and O–H groups in total. The molecule has 1 amide bonds. The van der Waals surface area contributed by atoms with Crippen LogP contribution in [0, 0.1) is 6.92 Å². The second-order valence-corrected chi connectivity index (χ2v) is 9.45. The molecule has 1 aliphatic rings. The van der Waals surface area contributed by atoms with Gasteiger partial charge in [-0.2, -0.15) is 0 Å². The Bertz CT molecular complexity index is 1380. The first kappa shape index (κ1) is 23.0. The summed E-state index contributed by atoms with van der Waals surface area (Å²) in [5.41, 5.74) is 3.57. The summed E-state index contributed by atoms with van der Waals surface area (Å²) in [6, 6.07) is 17.6. The molecular formula is C26H26N6O2S. The molecule has 0 bridgehead atoms. The highest BCUT2D eigenvalue weighted by atomic mass is 32.2. The van der Waals surface area contributed by atoms with E-state index in [0.29, 0.717) is 43.7 Å². The molecule has 1 fully saturated rings. The molecule has 8 nitrogen and oxygen atoms in total. The molecule has 1 saturated heterocycles. The average Bonchev–Trinajstić information content (AvgIpc) is 2.91. The lowest BCUT2D eigenvalue weighted by atomic mass is 10.1. The van der Waals surface area contributed by atoms with Crippen LogP contribution < -0.4 is 10.5 Å². The van der Waals surface area contributed by atoms with Gasteiger partial charge in [0.1, 0.15) is 0 Å². The van der Waals surface area contributed by atoms with Crippen LogP contribution in [0.25, 0.3) is 11.0 Å². The number of thioether (sulfide) groups is 1. The number of anilines is 1. The SMILES string of the molecule is Cc1ccc(Cn2c(=O)c(SCC(=O)N3CCN(c4ncccn4)CC3)nc3ccccc32)cc1. The number of amides is 1. The van der Waals surface area contributed by atoms with E-state index in [1.54, 1.807) is 23.0 Å². The number of aryl methyl sites for hydroxylation is 1. The number of hydrogen-bond acceptors (Lipinski definition) is 7. The fraction of sp³-hybridized carbons (Fsp3) is 0.269. The van der Waals surface area contributed by atoms with Gasteiger partial charge in [-0.1, -0.05) is 53.7 Å². The molecule has 0 atom stereocenters. The smallest absolute Gasteiger partial charge is 0.283 e. The number of rotatable bonds is 6. The van der Waals surface area contributed by atoms with Crippen LogP contribution in [0.3, 0.4) is 0 Å². The molecule has 178 valence electrons. The Labute approximate surface area is 207 Å². The minimum absolute atomic E-state index is 0.00285. The van der Waals surface area contributed by atoms with E-state index in [9.17, 15) is 9.59 Å². The zero-order chi connectivity index (χ0) is 24.2. The molecule has 0 aliphatic carbocycles. The van der Waals surface area contributed by atoms with Crippen molar-refractivity contribution in [3.05, 3.63) is 88.5 Å². The van der Waals surface area contributed by atoms with Crippen LogP contribution in [0.15, 0.2) is 76.8 Å². The molecule has 3 heterocycles. The Morgan fingerprint density at radius 3 is 2.40 bits per heavy atom. The van der Waals surface area contributed by atoms with Crippen molar-refractivity contribution < 1.29 is 4.79 Å². The first-order valence-electron chi connectivity index (χ1n) is 11.6. The van der Waals surface area contributed by atoms with Gasteiger partial charge in [-0.15, -0.1) is 0 Å². The van der Waals surface area contributed by atoms with Gasteiger partial charge < -0.3 is 9.80 Å². The summed E-state index contributed by atoms with van der Waals surface area (Å²) in [4.78, 5) is 43.4. The maximum atomic E-state index is 13.4. The molecule has 2 aromatic carbocycles. The normalized spacial score (nSPS) is 13.9. The third-order valence-corrected chi connectivity index (χ3v) is 7.01. The van der Waals surface area contributed by atoms with Gasteiger partial charge in [0.2, 0.25) is 11.9 Å². The maximum Gasteiger partial charge on any atom is 0.283 e. The van der Waals surface area contributed by atoms with Crippen LogP contribution in [0.5, 0.6) is 0 Å². The highest BCUT2D eigenvalue weighted by molar-refractivity contribution is 7.99. The minimum Gasteiger partial charge on any atom is -0.338 e. The number of fused-ring (bicyclic) bond motifs is 1. The molecule has 0 saturated carbocycles. The van der Waals surface area contributed by atoms with E-state index in [2.05, 4.69) is 19.9 Å². The molecule has 4 aromatic rings. The number of para-hydroxylation sites is 2. The molecule has 2 aromatic heterocycles. The zero-order valence-electron chi connectivity index (χ0n) is 19.5. The van der Waals surface area contributed by atoms with Gasteiger partial charge in [0.25, 0.3) is 5.56 Å². The Hall–Kier alpha value is -3.72. The maximum absolute atomic E-state index is 13.4. The molecule has 9 heteroatoms. The summed E-state index contributed by atoms with van der Waals surface area (Å²) in [6.07, 6.45) is 3.44. The summed E-state index contributed by atoms with van der Waals surface area (Å²) < 4.78 is 1.75. The lowest BCUT2D eigenvalue weighted by molar-refractivity contribution is -0.128. The largest absolute Gasteiger partial charge is 0.338 e. The molecule has 0 radical (unpaired) electrons. The fourth-order valence-corrected chi connectivity index (χ4v) is 4.97. The molecule has 5 rings (SSSR count). The van der Waals surface area contributed by atoms with Crippen molar-refractivity contribution in [3.63, 3.8) is 0 Å². The number of piperazine rings is 1. The second kappa shape index (κ2) is 10.3. The first-order chi connectivity index (χ1) is 17.1. The van der Waals surface area contributed by atoms with Crippen LogP contribution in [0.2, 0.25) is 0 Å². The average molecular weight is 487 g/mol. The summed E-state index contributed by atoms with van der Waals surface area (Å²) in [6.45, 7) is 5.04. The lowest BCUT2D eigenvalue weighted by Crippen LogP contribution is -2.49. The van der Waals surface area contributed by atoms with Gasteiger partial charge in [-0.05, 0) is 30.7 Å². The molecule has 0 spiro atoms. The number of hydrogen-bond donors (Lipinski definition) is 0. The Kier molecular flexibility index (Phi) is 6.76. The van der Waals surface area contributed by atoms with E-state index in [4.69, 9.17) is 0 Å². The van der Waals surface area contributed by atoms with Crippen molar-refractivity contribution in [1.29, 1.82) is 0 Å². The highest BCUT2D eigenvalue weighted by Gasteiger charge is 2.23. The van der Waals surface area contributed by atoms with E-state index < -0.39 is 0 Å². The highest BCUT2D eigenvalue weighted by Crippen LogP contribution is 2.19. The van der Waals surface area contributed by atoms with E-state index >= 15 is 0 Å². The van der Waals surface area contributed by atoms with Crippen LogP contribution in [0.1, 0.15) is 11.1 Å². The molecule has 0 unspecified atom stereocenters.